The maximum absolute atomic E-state index is 12.1. The average molecular weight is 278 g/mol. The minimum atomic E-state index is -0.785. The molecule has 1 N–H and O–H groups in total. The van der Waals surface area contributed by atoms with Gasteiger partial charge >= 0.3 is 5.97 Å². The highest BCUT2D eigenvalue weighted by atomic mass is 32.2. The van der Waals surface area contributed by atoms with E-state index in [1.165, 1.54) is 0 Å². The van der Waals surface area contributed by atoms with Crippen molar-refractivity contribution in [2.24, 2.45) is 11.8 Å². The third-order valence-corrected chi connectivity index (χ3v) is 4.55. The molecule has 0 aromatic heterocycles. The number of ether oxygens (including phenoxy) is 1. The monoisotopic (exact) mass is 278 g/mol. The highest BCUT2D eigenvalue weighted by Gasteiger charge is 2.44. The summed E-state index contributed by atoms with van der Waals surface area (Å²) in [4.78, 5) is 23.9. The summed E-state index contributed by atoms with van der Waals surface area (Å²) in [5, 5.41) is 8.83. The Hall–Kier alpha value is -1.49. The molecule has 4 nitrogen and oxygen atoms in total. The zero-order chi connectivity index (χ0) is 13.4. The van der Waals surface area contributed by atoms with Gasteiger partial charge in [-0.05, 0) is 30.5 Å². The molecule has 1 saturated carbocycles. The summed E-state index contributed by atoms with van der Waals surface area (Å²) in [5.41, 5.74) is 0.660. The molecular weight excluding hydrogens is 264 g/mol. The molecular formula is C14H14O4S. The van der Waals surface area contributed by atoms with Crippen LogP contribution in [-0.4, -0.2) is 29.2 Å². The predicted molar refractivity (Wildman–Crippen MR) is 70.8 cm³/mol. The lowest BCUT2D eigenvalue weighted by Gasteiger charge is -2.17. The molecule has 19 heavy (non-hydrogen) atoms. The number of Topliss-reactive ketones (excluding diaryl/α,β-unsaturated/α-hetero) is 1. The molecule has 0 radical (unpaired) electrons. The van der Waals surface area contributed by atoms with Crippen LogP contribution < -0.4 is 4.74 Å². The van der Waals surface area contributed by atoms with Gasteiger partial charge in [0.25, 0.3) is 0 Å². The van der Waals surface area contributed by atoms with E-state index >= 15 is 0 Å². The predicted octanol–water partition coefficient (Wildman–Crippen LogP) is 2.46. The molecule has 2 unspecified atom stereocenters. The van der Waals surface area contributed by atoms with Crippen molar-refractivity contribution in [1.82, 2.24) is 0 Å². The molecule has 1 heterocycles. The van der Waals surface area contributed by atoms with Crippen molar-refractivity contribution in [3.8, 4) is 5.75 Å². The van der Waals surface area contributed by atoms with Crippen LogP contribution in [-0.2, 0) is 4.79 Å². The van der Waals surface area contributed by atoms with Crippen LogP contribution >= 0.6 is 11.8 Å². The molecule has 0 amide bonds. The number of carboxylic acid groups (broad SMARTS) is 1. The van der Waals surface area contributed by atoms with Gasteiger partial charge in [-0.3, -0.25) is 9.59 Å². The number of fused-ring (bicyclic) bond motifs is 1. The lowest BCUT2D eigenvalue weighted by Crippen LogP contribution is -2.09. The molecule has 1 aromatic rings. The maximum atomic E-state index is 12.1. The van der Waals surface area contributed by atoms with Gasteiger partial charge in [0.15, 0.2) is 5.78 Å². The van der Waals surface area contributed by atoms with Crippen molar-refractivity contribution >= 4 is 23.5 Å². The first-order valence-electron chi connectivity index (χ1n) is 6.31. The SMILES string of the molecule is O=C(CC1CC1C(=O)O)c1ccc2c(c1)SCCO2. The molecule has 1 fully saturated rings. The molecule has 0 saturated heterocycles. The molecule has 100 valence electrons. The van der Waals surface area contributed by atoms with Crippen molar-refractivity contribution in [2.75, 3.05) is 12.4 Å². The van der Waals surface area contributed by atoms with Crippen LogP contribution in [0.25, 0.3) is 0 Å². The van der Waals surface area contributed by atoms with Crippen molar-refractivity contribution in [1.29, 1.82) is 0 Å². The van der Waals surface area contributed by atoms with E-state index in [0.717, 1.165) is 16.4 Å². The molecule has 1 aromatic carbocycles. The van der Waals surface area contributed by atoms with Crippen molar-refractivity contribution in [3.63, 3.8) is 0 Å². The average Bonchev–Trinajstić information content (AvgIpc) is 3.17. The lowest BCUT2D eigenvalue weighted by molar-refractivity contribution is -0.138. The van der Waals surface area contributed by atoms with Gasteiger partial charge in [-0.2, -0.15) is 0 Å². The third-order valence-electron chi connectivity index (χ3n) is 3.55. The summed E-state index contributed by atoms with van der Waals surface area (Å²) in [5.74, 6) is 0.677. The van der Waals surface area contributed by atoms with Crippen molar-refractivity contribution in [3.05, 3.63) is 23.8 Å². The van der Waals surface area contributed by atoms with Crippen molar-refractivity contribution < 1.29 is 19.4 Å². The highest BCUT2D eigenvalue weighted by Crippen LogP contribution is 2.42. The van der Waals surface area contributed by atoms with Crippen LogP contribution in [0.2, 0.25) is 0 Å². The molecule has 5 heteroatoms. The quantitative estimate of drug-likeness (QED) is 0.857. The van der Waals surface area contributed by atoms with Crippen LogP contribution in [0.15, 0.2) is 23.1 Å². The maximum Gasteiger partial charge on any atom is 0.306 e. The Balaban J connectivity index is 1.69. The molecule has 2 atom stereocenters. The number of rotatable bonds is 4. The van der Waals surface area contributed by atoms with E-state index in [4.69, 9.17) is 9.84 Å². The number of benzene rings is 1. The Morgan fingerprint density at radius 1 is 1.42 bits per heavy atom. The molecule has 2 aliphatic rings. The number of hydrogen-bond acceptors (Lipinski definition) is 4. The van der Waals surface area contributed by atoms with E-state index < -0.39 is 5.97 Å². The number of carbonyl (C=O) groups excluding carboxylic acids is 1. The molecule has 1 aliphatic heterocycles. The summed E-state index contributed by atoms with van der Waals surface area (Å²) < 4.78 is 5.49. The highest BCUT2D eigenvalue weighted by molar-refractivity contribution is 7.99. The Labute approximate surface area is 115 Å². The normalized spacial score (nSPS) is 24.2. The second-order valence-corrected chi connectivity index (χ2v) is 6.06. The van der Waals surface area contributed by atoms with E-state index in [-0.39, 0.29) is 17.6 Å². The van der Waals surface area contributed by atoms with Gasteiger partial charge in [-0.1, -0.05) is 0 Å². The van der Waals surface area contributed by atoms with E-state index in [1.54, 1.807) is 17.8 Å². The number of aliphatic carboxylic acids is 1. The summed E-state index contributed by atoms with van der Waals surface area (Å²) in [7, 11) is 0. The summed E-state index contributed by atoms with van der Waals surface area (Å²) in [6.07, 6.45) is 0.963. The Bertz CT molecular complexity index is 540. The first-order valence-corrected chi connectivity index (χ1v) is 7.29. The minimum Gasteiger partial charge on any atom is -0.492 e. The fraction of sp³-hybridized carbons (Fsp3) is 0.429. The lowest BCUT2D eigenvalue weighted by atomic mass is 10.0. The van der Waals surface area contributed by atoms with E-state index in [0.29, 0.717) is 25.0 Å². The van der Waals surface area contributed by atoms with Crippen LogP contribution in [0.4, 0.5) is 0 Å². The summed E-state index contributed by atoms with van der Waals surface area (Å²) >= 11 is 1.69. The first kappa shape index (κ1) is 12.5. The second kappa shape index (κ2) is 4.89. The van der Waals surface area contributed by atoms with Gasteiger partial charge in [0.1, 0.15) is 5.75 Å². The van der Waals surface area contributed by atoms with Crippen LogP contribution in [0.1, 0.15) is 23.2 Å². The van der Waals surface area contributed by atoms with Crippen LogP contribution in [0, 0.1) is 11.8 Å². The van der Waals surface area contributed by atoms with E-state index in [9.17, 15) is 9.59 Å². The number of ketones is 1. The summed E-state index contributed by atoms with van der Waals surface area (Å²) in [6.45, 7) is 0.702. The van der Waals surface area contributed by atoms with Crippen LogP contribution in [0.3, 0.4) is 0 Å². The van der Waals surface area contributed by atoms with Gasteiger partial charge in [0.2, 0.25) is 0 Å². The van der Waals surface area contributed by atoms with Crippen molar-refractivity contribution in [2.45, 2.75) is 17.7 Å². The number of carboxylic acids is 1. The molecule has 0 bridgehead atoms. The number of hydrogen-bond donors (Lipinski definition) is 1. The fourth-order valence-corrected chi connectivity index (χ4v) is 3.21. The molecule has 0 spiro atoms. The number of carbonyl (C=O) groups is 2. The Morgan fingerprint density at radius 2 is 2.26 bits per heavy atom. The van der Waals surface area contributed by atoms with Gasteiger partial charge in [-0.15, -0.1) is 11.8 Å². The van der Waals surface area contributed by atoms with Gasteiger partial charge in [0, 0.05) is 17.7 Å². The van der Waals surface area contributed by atoms with E-state index in [1.807, 2.05) is 12.1 Å². The molecule has 1 aliphatic carbocycles. The topological polar surface area (TPSA) is 63.6 Å². The van der Waals surface area contributed by atoms with Gasteiger partial charge in [-0.25, -0.2) is 0 Å². The Kier molecular flexibility index (Phi) is 3.22. The third kappa shape index (κ3) is 2.61. The first-order chi connectivity index (χ1) is 9.15. The zero-order valence-corrected chi connectivity index (χ0v) is 11.1. The van der Waals surface area contributed by atoms with Gasteiger partial charge in [0.05, 0.1) is 17.4 Å². The Morgan fingerprint density at radius 3 is 3.00 bits per heavy atom. The largest absolute Gasteiger partial charge is 0.492 e. The fourth-order valence-electron chi connectivity index (χ4n) is 2.35. The second-order valence-electron chi connectivity index (χ2n) is 4.93. The smallest absolute Gasteiger partial charge is 0.306 e. The van der Waals surface area contributed by atoms with Gasteiger partial charge < -0.3 is 9.84 Å². The minimum absolute atomic E-state index is 0.0185. The molecule has 3 rings (SSSR count). The summed E-state index contributed by atoms with van der Waals surface area (Å²) in [6, 6.07) is 5.46. The zero-order valence-electron chi connectivity index (χ0n) is 10.3. The number of thioether (sulfide) groups is 1. The van der Waals surface area contributed by atoms with Crippen LogP contribution in [0.5, 0.6) is 5.75 Å². The van der Waals surface area contributed by atoms with E-state index in [2.05, 4.69) is 0 Å². The standard InChI is InChI=1S/C14H14O4S/c15-11(6-9-5-10(9)14(16)17)8-1-2-12-13(7-8)19-4-3-18-12/h1-2,7,9-10H,3-6H2,(H,16,17).